The molecule has 0 bridgehead atoms. The first-order valence-corrected chi connectivity index (χ1v) is 8.02. The number of piperidine rings is 1. The van der Waals surface area contributed by atoms with Crippen molar-refractivity contribution in [1.82, 2.24) is 4.90 Å². The van der Waals surface area contributed by atoms with Gasteiger partial charge >= 0.3 is 5.97 Å². The van der Waals surface area contributed by atoms with Crippen LogP contribution in [0.5, 0.6) is 0 Å². The van der Waals surface area contributed by atoms with Gasteiger partial charge in [-0.15, -0.1) is 0 Å². The monoisotopic (exact) mass is 403 g/mol. The molecule has 1 aromatic carbocycles. The van der Waals surface area contributed by atoms with E-state index < -0.39 is 5.97 Å². The van der Waals surface area contributed by atoms with Gasteiger partial charge < -0.3 is 14.7 Å². The summed E-state index contributed by atoms with van der Waals surface area (Å²) in [5, 5.41) is 8.57. The van der Waals surface area contributed by atoms with Crippen LogP contribution in [0.1, 0.15) is 29.6 Å². The fourth-order valence-electron chi connectivity index (χ4n) is 2.31. The molecule has 0 spiro atoms. The van der Waals surface area contributed by atoms with Gasteiger partial charge in [0, 0.05) is 22.2 Å². The van der Waals surface area contributed by atoms with Crippen LogP contribution in [0.2, 0.25) is 0 Å². The lowest BCUT2D eigenvalue weighted by Crippen LogP contribution is -2.41. The van der Waals surface area contributed by atoms with Gasteiger partial charge in [-0.3, -0.25) is 9.59 Å². The molecule has 0 radical (unpaired) electrons. The molecular formula is C15H18INO4. The number of hydrogen-bond donors (Lipinski definition) is 1. The van der Waals surface area contributed by atoms with Crippen LogP contribution in [0.15, 0.2) is 24.3 Å². The molecule has 1 aliphatic heterocycles. The van der Waals surface area contributed by atoms with Crippen molar-refractivity contribution in [3.8, 4) is 0 Å². The molecule has 1 saturated heterocycles. The summed E-state index contributed by atoms with van der Waals surface area (Å²) in [6.07, 6.45) is 1.61. The zero-order chi connectivity index (χ0) is 15.2. The Labute approximate surface area is 137 Å². The first-order valence-electron chi connectivity index (χ1n) is 6.94. The van der Waals surface area contributed by atoms with Gasteiger partial charge in [0.05, 0.1) is 19.1 Å². The number of carbonyl (C=O) groups is 2. The molecule has 21 heavy (non-hydrogen) atoms. The van der Waals surface area contributed by atoms with E-state index in [-0.39, 0.29) is 25.0 Å². The number of benzene rings is 1. The molecule has 114 valence electrons. The van der Waals surface area contributed by atoms with Crippen LogP contribution < -0.4 is 0 Å². The second-order valence-corrected chi connectivity index (χ2v) is 6.26. The molecule has 1 N–H and O–H groups in total. The van der Waals surface area contributed by atoms with Crippen molar-refractivity contribution in [2.45, 2.75) is 25.4 Å². The minimum Gasteiger partial charge on any atom is -0.481 e. The predicted molar refractivity (Wildman–Crippen MR) is 86.3 cm³/mol. The van der Waals surface area contributed by atoms with Crippen LogP contribution >= 0.6 is 22.6 Å². The van der Waals surface area contributed by atoms with Gasteiger partial charge in [-0.1, -0.05) is 0 Å². The van der Waals surface area contributed by atoms with E-state index in [2.05, 4.69) is 22.6 Å². The van der Waals surface area contributed by atoms with Gasteiger partial charge in [-0.05, 0) is 59.7 Å². The summed E-state index contributed by atoms with van der Waals surface area (Å²) in [5.41, 5.74) is 0.709. The van der Waals surface area contributed by atoms with Crippen molar-refractivity contribution >= 4 is 34.5 Å². The quantitative estimate of drug-likeness (QED) is 0.767. The number of carboxylic acid groups (broad SMARTS) is 1. The van der Waals surface area contributed by atoms with Crippen molar-refractivity contribution in [2.24, 2.45) is 0 Å². The molecule has 6 heteroatoms. The van der Waals surface area contributed by atoms with Crippen molar-refractivity contribution in [2.75, 3.05) is 19.7 Å². The number of hydrogen-bond acceptors (Lipinski definition) is 3. The Balaban J connectivity index is 1.79. The van der Waals surface area contributed by atoms with E-state index in [1.807, 2.05) is 29.2 Å². The number of carboxylic acids is 1. The molecule has 5 nitrogen and oxygen atoms in total. The minimum absolute atomic E-state index is 0.0296. The number of carbonyl (C=O) groups excluding carboxylic acids is 1. The largest absolute Gasteiger partial charge is 0.481 e. The van der Waals surface area contributed by atoms with Crippen LogP contribution in [0.4, 0.5) is 0 Å². The van der Waals surface area contributed by atoms with Crippen LogP contribution in [-0.2, 0) is 9.53 Å². The van der Waals surface area contributed by atoms with Gasteiger partial charge in [-0.2, -0.15) is 0 Å². The van der Waals surface area contributed by atoms with Gasteiger partial charge in [0.15, 0.2) is 0 Å². The second-order valence-electron chi connectivity index (χ2n) is 5.01. The number of nitrogens with zero attached hydrogens (tertiary/aromatic N) is 1. The molecule has 0 saturated carbocycles. The molecule has 1 heterocycles. The maximum atomic E-state index is 12.3. The summed E-state index contributed by atoms with van der Waals surface area (Å²) in [5.74, 6) is -0.795. The fourth-order valence-corrected chi connectivity index (χ4v) is 2.67. The number of aliphatic carboxylic acids is 1. The van der Waals surface area contributed by atoms with Gasteiger partial charge in [0.1, 0.15) is 0 Å². The molecule has 2 rings (SSSR count). The molecule has 0 aromatic heterocycles. The molecule has 0 atom stereocenters. The Bertz CT molecular complexity index is 495. The van der Waals surface area contributed by atoms with E-state index in [1.165, 1.54) is 0 Å². The Morgan fingerprint density at radius 2 is 1.86 bits per heavy atom. The second kappa shape index (κ2) is 7.74. The molecule has 1 aliphatic rings. The molecule has 1 aromatic rings. The highest BCUT2D eigenvalue weighted by atomic mass is 127. The van der Waals surface area contributed by atoms with Crippen molar-refractivity contribution in [1.29, 1.82) is 0 Å². The minimum atomic E-state index is -0.846. The summed E-state index contributed by atoms with van der Waals surface area (Å²) >= 11 is 2.21. The average molecular weight is 403 g/mol. The maximum Gasteiger partial charge on any atom is 0.305 e. The third-order valence-electron chi connectivity index (χ3n) is 3.49. The lowest BCUT2D eigenvalue weighted by Gasteiger charge is -2.32. The molecule has 1 fully saturated rings. The Kier molecular flexibility index (Phi) is 5.98. The van der Waals surface area contributed by atoms with Crippen LogP contribution in [0.3, 0.4) is 0 Å². The lowest BCUT2D eigenvalue weighted by atomic mass is 10.1. The Hall–Kier alpha value is -1.15. The highest BCUT2D eigenvalue weighted by Gasteiger charge is 2.24. The van der Waals surface area contributed by atoms with E-state index in [1.54, 1.807) is 0 Å². The first kappa shape index (κ1) is 16.2. The summed E-state index contributed by atoms with van der Waals surface area (Å²) in [6.45, 7) is 1.55. The third kappa shape index (κ3) is 4.96. The summed E-state index contributed by atoms with van der Waals surface area (Å²) in [7, 11) is 0. The van der Waals surface area contributed by atoms with E-state index in [4.69, 9.17) is 9.84 Å². The highest BCUT2D eigenvalue weighted by molar-refractivity contribution is 14.1. The van der Waals surface area contributed by atoms with E-state index in [0.717, 1.165) is 16.4 Å². The summed E-state index contributed by atoms with van der Waals surface area (Å²) < 4.78 is 6.63. The van der Waals surface area contributed by atoms with Crippen molar-refractivity contribution in [3.05, 3.63) is 33.4 Å². The van der Waals surface area contributed by atoms with Gasteiger partial charge in [-0.25, -0.2) is 0 Å². The average Bonchev–Trinajstić information content (AvgIpc) is 2.48. The van der Waals surface area contributed by atoms with Crippen molar-refractivity contribution in [3.63, 3.8) is 0 Å². The standard InChI is InChI=1S/C15H18INO4/c16-12-3-1-11(2-4-12)15(20)17-8-5-13(6-9-17)21-10-7-14(18)19/h1-4,13H,5-10H2,(H,18,19). The number of amides is 1. The number of halogens is 1. The molecular weight excluding hydrogens is 385 g/mol. The normalized spacial score (nSPS) is 16.0. The zero-order valence-electron chi connectivity index (χ0n) is 11.6. The van der Waals surface area contributed by atoms with Crippen LogP contribution in [0, 0.1) is 3.57 Å². The van der Waals surface area contributed by atoms with E-state index in [0.29, 0.717) is 18.7 Å². The van der Waals surface area contributed by atoms with Gasteiger partial charge in [0.2, 0.25) is 0 Å². The first-order chi connectivity index (χ1) is 10.1. The lowest BCUT2D eigenvalue weighted by molar-refractivity contribution is -0.138. The third-order valence-corrected chi connectivity index (χ3v) is 4.21. The fraction of sp³-hybridized carbons (Fsp3) is 0.467. The molecule has 0 unspecified atom stereocenters. The number of likely N-dealkylation sites (tertiary alicyclic amines) is 1. The summed E-state index contributed by atoms with van der Waals surface area (Å²) in [4.78, 5) is 24.6. The Morgan fingerprint density at radius 3 is 2.43 bits per heavy atom. The SMILES string of the molecule is O=C(O)CCOC1CCN(C(=O)c2ccc(I)cc2)CC1. The topological polar surface area (TPSA) is 66.8 Å². The number of ether oxygens (including phenoxy) is 1. The van der Waals surface area contributed by atoms with E-state index >= 15 is 0 Å². The summed E-state index contributed by atoms with van der Waals surface area (Å²) in [6, 6.07) is 7.55. The molecule has 1 amide bonds. The van der Waals surface area contributed by atoms with E-state index in [9.17, 15) is 9.59 Å². The maximum absolute atomic E-state index is 12.3. The van der Waals surface area contributed by atoms with Crippen LogP contribution in [0.25, 0.3) is 0 Å². The Morgan fingerprint density at radius 1 is 1.24 bits per heavy atom. The van der Waals surface area contributed by atoms with Crippen molar-refractivity contribution < 1.29 is 19.4 Å². The molecule has 0 aliphatic carbocycles. The highest BCUT2D eigenvalue weighted by Crippen LogP contribution is 2.17. The smallest absolute Gasteiger partial charge is 0.305 e. The predicted octanol–water partition coefficient (Wildman–Crippen LogP) is 2.39. The number of rotatable bonds is 5. The van der Waals surface area contributed by atoms with Crippen LogP contribution in [-0.4, -0.2) is 47.7 Å². The zero-order valence-corrected chi connectivity index (χ0v) is 13.8. The van der Waals surface area contributed by atoms with Gasteiger partial charge in [0.25, 0.3) is 5.91 Å².